The molecule has 1 heterocycles. The Morgan fingerprint density at radius 3 is 2.73 bits per heavy atom. The van der Waals surface area contributed by atoms with Crippen LogP contribution in [0.2, 0.25) is 0 Å². The van der Waals surface area contributed by atoms with E-state index in [-0.39, 0.29) is 9.90 Å². The van der Waals surface area contributed by atoms with Crippen molar-refractivity contribution in [2.75, 3.05) is 11.5 Å². The summed E-state index contributed by atoms with van der Waals surface area (Å²) in [4.78, 5) is 0. The maximum Gasteiger partial charge on any atom is 0.124 e. The van der Waals surface area contributed by atoms with Crippen molar-refractivity contribution >= 4 is 39.5 Å². The largest absolute Gasteiger partial charge is 0.207 e. The molecule has 3 rings (SSSR count). The Kier molecular flexibility index (Phi) is 2.57. The molecule has 15 heavy (non-hydrogen) atoms. The van der Waals surface area contributed by atoms with Crippen LogP contribution in [-0.4, -0.2) is 11.5 Å². The smallest absolute Gasteiger partial charge is 0.124 e. The summed E-state index contributed by atoms with van der Waals surface area (Å²) in [5.41, 5.74) is 2.54. The lowest BCUT2D eigenvalue weighted by Gasteiger charge is -2.23. The van der Waals surface area contributed by atoms with E-state index in [0.717, 1.165) is 17.3 Å². The molecule has 0 saturated carbocycles. The highest BCUT2D eigenvalue weighted by molar-refractivity contribution is 9.10. The van der Waals surface area contributed by atoms with Gasteiger partial charge in [0.1, 0.15) is 5.82 Å². The topological polar surface area (TPSA) is 0 Å². The fourth-order valence-electron chi connectivity index (χ4n) is 2.42. The Balaban J connectivity index is 2.17. The van der Waals surface area contributed by atoms with Crippen LogP contribution in [0.5, 0.6) is 0 Å². The summed E-state index contributed by atoms with van der Waals surface area (Å²) < 4.78 is 14.4. The van der Waals surface area contributed by atoms with Gasteiger partial charge in [0.15, 0.2) is 0 Å². The Hall–Kier alpha value is 0.330. The molecule has 1 fully saturated rings. The highest BCUT2D eigenvalue weighted by Crippen LogP contribution is 2.60. The second kappa shape index (κ2) is 3.67. The minimum absolute atomic E-state index is 0.120. The summed E-state index contributed by atoms with van der Waals surface area (Å²) in [6, 6.07) is 3.31. The van der Waals surface area contributed by atoms with Gasteiger partial charge in [-0.2, -0.15) is 0 Å². The van der Waals surface area contributed by atoms with Crippen molar-refractivity contribution in [3.63, 3.8) is 0 Å². The lowest BCUT2D eigenvalue weighted by atomic mass is 10.1. The summed E-state index contributed by atoms with van der Waals surface area (Å²) in [5, 5.41) is 0. The number of hydrogen-bond donors (Lipinski definition) is 0. The summed E-state index contributed by atoms with van der Waals surface area (Å²) in [6.07, 6.45) is 2.17. The predicted octanol–water partition coefficient (Wildman–Crippen LogP) is 4.17. The maximum atomic E-state index is 13.3. The lowest BCUT2D eigenvalue weighted by Crippen LogP contribution is -2.10. The third-order valence-corrected chi connectivity index (χ3v) is 7.15. The quantitative estimate of drug-likeness (QED) is 0.705. The monoisotopic (exact) mass is 304 g/mol. The molecule has 80 valence electrons. The standard InChI is InChI=1S/C11H10BrFS2/c12-9-6-8(13)5-7-1-2-11(10(7)9)14-3-4-15-11/h5-6H,1-4H2. The zero-order chi connectivity index (χ0) is 10.5. The fourth-order valence-corrected chi connectivity index (χ4v) is 6.92. The predicted molar refractivity (Wildman–Crippen MR) is 69.0 cm³/mol. The fraction of sp³-hybridized carbons (Fsp3) is 0.455. The van der Waals surface area contributed by atoms with E-state index in [1.165, 1.54) is 22.6 Å². The number of thioether (sulfide) groups is 2. The van der Waals surface area contributed by atoms with Crippen LogP contribution < -0.4 is 0 Å². The Bertz CT molecular complexity index is 413. The highest BCUT2D eigenvalue weighted by Gasteiger charge is 2.44. The van der Waals surface area contributed by atoms with Gasteiger partial charge in [0.25, 0.3) is 0 Å². The highest BCUT2D eigenvalue weighted by atomic mass is 79.9. The molecule has 0 amide bonds. The number of fused-ring (bicyclic) bond motifs is 2. The van der Waals surface area contributed by atoms with Crippen molar-refractivity contribution in [3.05, 3.63) is 33.5 Å². The van der Waals surface area contributed by atoms with Crippen LogP contribution in [0.1, 0.15) is 17.5 Å². The van der Waals surface area contributed by atoms with E-state index in [1.807, 2.05) is 23.5 Å². The summed E-state index contributed by atoms with van der Waals surface area (Å²) >= 11 is 7.57. The number of halogens is 2. The van der Waals surface area contributed by atoms with Gasteiger partial charge >= 0.3 is 0 Å². The second-order valence-electron chi connectivity index (χ2n) is 3.87. The van der Waals surface area contributed by atoms with Crippen molar-refractivity contribution in [3.8, 4) is 0 Å². The zero-order valence-electron chi connectivity index (χ0n) is 8.06. The first-order valence-corrected chi connectivity index (χ1v) is 7.74. The molecule has 1 saturated heterocycles. The summed E-state index contributed by atoms with van der Waals surface area (Å²) in [5.74, 6) is 2.31. The van der Waals surface area contributed by atoms with Gasteiger partial charge in [0.05, 0.1) is 4.08 Å². The maximum absolute atomic E-state index is 13.3. The van der Waals surface area contributed by atoms with E-state index >= 15 is 0 Å². The van der Waals surface area contributed by atoms with Gasteiger partial charge in [0, 0.05) is 16.0 Å². The molecule has 1 spiro atoms. The first-order valence-electron chi connectivity index (χ1n) is 4.98. The molecular weight excluding hydrogens is 295 g/mol. The van der Waals surface area contributed by atoms with Gasteiger partial charge in [-0.25, -0.2) is 4.39 Å². The molecule has 1 aromatic carbocycles. The van der Waals surface area contributed by atoms with Crippen LogP contribution in [0.15, 0.2) is 16.6 Å². The molecule has 1 aliphatic heterocycles. The van der Waals surface area contributed by atoms with Gasteiger partial charge < -0.3 is 0 Å². The van der Waals surface area contributed by atoms with Gasteiger partial charge in [-0.3, -0.25) is 0 Å². The van der Waals surface area contributed by atoms with E-state index in [1.54, 1.807) is 12.1 Å². The Labute approximate surface area is 106 Å². The van der Waals surface area contributed by atoms with Crippen molar-refractivity contribution in [2.24, 2.45) is 0 Å². The number of aryl methyl sites for hydroxylation is 1. The molecular formula is C11H10BrFS2. The number of benzene rings is 1. The molecule has 0 atom stereocenters. The van der Waals surface area contributed by atoms with Crippen molar-refractivity contribution < 1.29 is 4.39 Å². The molecule has 0 N–H and O–H groups in total. The minimum atomic E-state index is -0.120. The molecule has 0 radical (unpaired) electrons. The molecule has 0 unspecified atom stereocenters. The van der Waals surface area contributed by atoms with Crippen LogP contribution in [0.4, 0.5) is 4.39 Å². The molecule has 0 aromatic heterocycles. The zero-order valence-corrected chi connectivity index (χ0v) is 11.3. The molecule has 0 nitrogen and oxygen atoms in total. The van der Waals surface area contributed by atoms with Crippen LogP contribution in [0, 0.1) is 5.82 Å². The Morgan fingerprint density at radius 1 is 1.27 bits per heavy atom. The minimum Gasteiger partial charge on any atom is -0.207 e. The van der Waals surface area contributed by atoms with Crippen LogP contribution >= 0.6 is 39.5 Å². The average molecular weight is 305 g/mol. The van der Waals surface area contributed by atoms with Crippen LogP contribution in [-0.2, 0) is 10.5 Å². The van der Waals surface area contributed by atoms with Gasteiger partial charge in [0.2, 0.25) is 0 Å². The van der Waals surface area contributed by atoms with Crippen molar-refractivity contribution in [1.29, 1.82) is 0 Å². The van der Waals surface area contributed by atoms with E-state index in [4.69, 9.17) is 0 Å². The Morgan fingerprint density at radius 2 is 2.00 bits per heavy atom. The van der Waals surface area contributed by atoms with E-state index < -0.39 is 0 Å². The first-order chi connectivity index (χ1) is 7.21. The van der Waals surface area contributed by atoms with Crippen LogP contribution in [0.25, 0.3) is 0 Å². The third kappa shape index (κ3) is 1.56. The summed E-state index contributed by atoms with van der Waals surface area (Å²) in [7, 11) is 0. The van der Waals surface area contributed by atoms with Gasteiger partial charge in [-0.05, 0) is 36.1 Å². The van der Waals surface area contributed by atoms with Gasteiger partial charge in [-0.15, -0.1) is 23.5 Å². The lowest BCUT2D eigenvalue weighted by molar-refractivity contribution is 0.625. The van der Waals surface area contributed by atoms with Crippen molar-refractivity contribution in [1.82, 2.24) is 0 Å². The molecule has 1 aliphatic carbocycles. The number of rotatable bonds is 0. The molecule has 2 aliphatic rings. The van der Waals surface area contributed by atoms with E-state index in [9.17, 15) is 4.39 Å². The van der Waals surface area contributed by atoms with Crippen molar-refractivity contribution in [2.45, 2.75) is 16.9 Å². The first kappa shape index (κ1) is 10.5. The SMILES string of the molecule is Fc1cc(Br)c2c(c1)CCC21SCCS1. The second-order valence-corrected chi connectivity index (χ2v) is 7.77. The van der Waals surface area contributed by atoms with E-state index in [0.29, 0.717) is 0 Å². The van der Waals surface area contributed by atoms with E-state index in [2.05, 4.69) is 15.9 Å². The number of hydrogen-bond acceptors (Lipinski definition) is 2. The molecule has 4 heteroatoms. The normalized spacial score (nSPS) is 22.3. The third-order valence-electron chi connectivity index (χ3n) is 2.99. The molecule has 0 bridgehead atoms. The summed E-state index contributed by atoms with van der Waals surface area (Å²) in [6.45, 7) is 0. The average Bonchev–Trinajstić information content (AvgIpc) is 2.76. The van der Waals surface area contributed by atoms with Crippen LogP contribution in [0.3, 0.4) is 0 Å². The molecule has 1 aromatic rings. The van der Waals surface area contributed by atoms with Gasteiger partial charge in [-0.1, -0.05) is 15.9 Å².